The fraction of sp³-hybridized carbons (Fsp3) is 0.556. The molecule has 0 spiro atoms. The van der Waals surface area contributed by atoms with Crippen LogP contribution in [0.3, 0.4) is 0 Å². The molecule has 0 aromatic heterocycles. The van der Waals surface area contributed by atoms with Crippen LogP contribution in [0.2, 0.25) is 0 Å². The Bertz CT molecular complexity index is 657. The first-order valence-electron chi connectivity index (χ1n) is 8.27. The summed E-state index contributed by atoms with van der Waals surface area (Å²) in [6.07, 6.45) is -0.194. The summed E-state index contributed by atoms with van der Waals surface area (Å²) in [5.74, 6) is -0.400. The van der Waals surface area contributed by atoms with Gasteiger partial charge < -0.3 is 19.6 Å². The van der Waals surface area contributed by atoms with Gasteiger partial charge >= 0.3 is 12.1 Å². The van der Waals surface area contributed by atoms with Crippen molar-refractivity contribution >= 4 is 33.7 Å². The molecule has 7 heteroatoms. The van der Waals surface area contributed by atoms with Gasteiger partial charge in [-0.3, -0.25) is 0 Å². The summed E-state index contributed by atoms with van der Waals surface area (Å²) in [5.41, 5.74) is 1.03. The Labute approximate surface area is 156 Å². The molecule has 1 unspecified atom stereocenters. The van der Waals surface area contributed by atoms with Gasteiger partial charge in [-0.15, -0.1) is 0 Å². The van der Waals surface area contributed by atoms with E-state index >= 15 is 0 Å². The Morgan fingerprint density at radius 3 is 2.52 bits per heavy atom. The number of hydrogen-bond acceptors (Lipinski definition) is 4. The van der Waals surface area contributed by atoms with Crippen molar-refractivity contribution in [3.8, 4) is 0 Å². The van der Waals surface area contributed by atoms with Crippen LogP contribution in [-0.4, -0.2) is 54.9 Å². The molecule has 0 aliphatic carbocycles. The van der Waals surface area contributed by atoms with Gasteiger partial charge in [-0.05, 0) is 30.0 Å². The van der Waals surface area contributed by atoms with Crippen molar-refractivity contribution in [3.63, 3.8) is 0 Å². The summed E-state index contributed by atoms with van der Waals surface area (Å²) in [6, 6.07) is 5.33. The molecule has 1 atom stereocenters. The van der Waals surface area contributed by atoms with Crippen molar-refractivity contribution in [2.24, 2.45) is 5.41 Å². The molecule has 1 saturated heterocycles. The standard InChI is InChI=1S/C18H25BrN2O4/c1-18(2,3)15-11-20(8-5-9-21(15)17(23)24)14-7-6-12(19)10-13(14)16(22)25-4/h6-7,10,15H,5,8-9,11H2,1-4H3,(H,23,24). The minimum absolute atomic E-state index is 0.179. The lowest BCUT2D eigenvalue weighted by Gasteiger charge is -2.39. The summed E-state index contributed by atoms with van der Waals surface area (Å²) < 4.78 is 5.71. The molecular weight excluding hydrogens is 388 g/mol. The number of ether oxygens (including phenoxy) is 1. The van der Waals surface area contributed by atoms with E-state index in [0.29, 0.717) is 31.6 Å². The summed E-state index contributed by atoms with van der Waals surface area (Å²) >= 11 is 3.39. The second kappa shape index (κ2) is 7.64. The Morgan fingerprint density at radius 1 is 1.28 bits per heavy atom. The second-order valence-electron chi connectivity index (χ2n) is 7.31. The average Bonchev–Trinajstić information content (AvgIpc) is 2.76. The minimum atomic E-state index is -0.897. The number of esters is 1. The van der Waals surface area contributed by atoms with Gasteiger partial charge in [0.1, 0.15) is 0 Å². The maximum atomic E-state index is 12.2. The van der Waals surface area contributed by atoms with Gasteiger partial charge in [0.15, 0.2) is 0 Å². The third-order valence-electron chi connectivity index (χ3n) is 4.55. The molecule has 1 N–H and O–H groups in total. The molecule has 6 nitrogen and oxygen atoms in total. The molecule has 1 fully saturated rings. The number of nitrogens with zero attached hydrogens (tertiary/aromatic N) is 2. The topological polar surface area (TPSA) is 70.1 Å². The predicted molar refractivity (Wildman–Crippen MR) is 100 cm³/mol. The number of amides is 1. The Kier molecular flexibility index (Phi) is 5.98. The van der Waals surface area contributed by atoms with Gasteiger partial charge in [0.05, 0.1) is 24.4 Å². The summed E-state index contributed by atoms with van der Waals surface area (Å²) in [6.45, 7) is 7.82. The minimum Gasteiger partial charge on any atom is -0.465 e. The van der Waals surface area contributed by atoms with E-state index in [4.69, 9.17) is 4.74 Å². The van der Waals surface area contributed by atoms with E-state index in [2.05, 4.69) is 20.8 Å². The first kappa shape index (κ1) is 19.6. The molecule has 1 heterocycles. The molecule has 25 heavy (non-hydrogen) atoms. The first-order valence-corrected chi connectivity index (χ1v) is 9.07. The lowest BCUT2D eigenvalue weighted by atomic mass is 9.85. The second-order valence-corrected chi connectivity index (χ2v) is 8.23. The Hall–Kier alpha value is -1.76. The number of carboxylic acid groups (broad SMARTS) is 1. The highest BCUT2D eigenvalue weighted by Crippen LogP contribution is 2.32. The van der Waals surface area contributed by atoms with Gasteiger partial charge in [0, 0.05) is 24.1 Å². The largest absolute Gasteiger partial charge is 0.465 e. The number of anilines is 1. The fourth-order valence-electron chi connectivity index (χ4n) is 3.23. The van der Waals surface area contributed by atoms with Crippen molar-refractivity contribution in [3.05, 3.63) is 28.2 Å². The van der Waals surface area contributed by atoms with Crippen molar-refractivity contribution in [1.82, 2.24) is 4.90 Å². The van der Waals surface area contributed by atoms with Crippen LogP contribution in [0.25, 0.3) is 0 Å². The summed E-state index contributed by atoms with van der Waals surface area (Å²) in [7, 11) is 1.36. The predicted octanol–water partition coefficient (Wildman–Crippen LogP) is 3.84. The first-order chi connectivity index (χ1) is 11.6. The normalized spacial score (nSPS) is 18.7. The molecule has 0 saturated carbocycles. The van der Waals surface area contributed by atoms with E-state index < -0.39 is 12.1 Å². The highest BCUT2D eigenvalue weighted by atomic mass is 79.9. The van der Waals surface area contributed by atoms with E-state index in [9.17, 15) is 14.7 Å². The Morgan fingerprint density at radius 2 is 1.96 bits per heavy atom. The van der Waals surface area contributed by atoms with E-state index in [1.54, 1.807) is 6.07 Å². The maximum absolute atomic E-state index is 12.2. The Balaban J connectivity index is 2.43. The number of rotatable bonds is 2. The SMILES string of the molecule is COC(=O)c1cc(Br)ccc1N1CCCN(C(=O)O)C(C(C)(C)C)C1. The summed E-state index contributed by atoms with van der Waals surface area (Å²) in [5, 5.41) is 9.60. The molecule has 1 aliphatic rings. The number of carbonyl (C=O) groups is 2. The van der Waals surface area contributed by atoms with Gasteiger partial charge in [0.2, 0.25) is 0 Å². The van der Waals surface area contributed by atoms with Gasteiger partial charge in [-0.2, -0.15) is 0 Å². The van der Waals surface area contributed by atoms with Gasteiger partial charge in [-0.1, -0.05) is 36.7 Å². The third-order valence-corrected chi connectivity index (χ3v) is 5.04. The average molecular weight is 413 g/mol. The highest BCUT2D eigenvalue weighted by molar-refractivity contribution is 9.10. The van der Waals surface area contributed by atoms with Crippen LogP contribution in [-0.2, 0) is 4.74 Å². The lowest BCUT2D eigenvalue weighted by molar-refractivity contribution is 0.0600. The van der Waals surface area contributed by atoms with Crippen molar-refractivity contribution < 1.29 is 19.4 Å². The third kappa shape index (κ3) is 4.45. The maximum Gasteiger partial charge on any atom is 0.407 e. The van der Waals surface area contributed by atoms with Crippen LogP contribution in [0, 0.1) is 5.41 Å². The fourth-order valence-corrected chi connectivity index (χ4v) is 3.59. The van der Waals surface area contributed by atoms with Crippen LogP contribution >= 0.6 is 15.9 Å². The van der Waals surface area contributed by atoms with E-state index in [0.717, 1.165) is 10.2 Å². The van der Waals surface area contributed by atoms with E-state index in [1.165, 1.54) is 12.0 Å². The number of benzene rings is 1. The lowest BCUT2D eigenvalue weighted by Crippen LogP contribution is -2.51. The summed E-state index contributed by atoms with van der Waals surface area (Å²) in [4.78, 5) is 27.5. The van der Waals surface area contributed by atoms with Crippen molar-refractivity contribution in [2.45, 2.75) is 33.2 Å². The molecule has 138 valence electrons. The molecule has 1 aromatic carbocycles. The van der Waals surface area contributed by atoms with E-state index in [1.807, 2.05) is 32.9 Å². The number of carbonyl (C=O) groups excluding carboxylic acids is 1. The molecule has 2 rings (SSSR count). The van der Waals surface area contributed by atoms with Crippen LogP contribution in [0.15, 0.2) is 22.7 Å². The smallest absolute Gasteiger partial charge is 0.407 e. The molecule has 1 amide bonds. The molecule has 1 aliphatic heterocycles. The molecule has 0 bridgehead atoms. The molecular formula is C18H25BrN2O4. The zero-order chi connectivity index (χ0) is 18.8. The highest BCUT2D eigenvalue weighted by Gasteiger charge is 2.37. The molecule has 1 aromatic rings. The number of hydrogen-bond donors (Lipinski definition) is 1. The molecule has 0 radical (unpaired) electrons. The zero-order valence-corrected chi connectivity index (χ0v) is 16.7. The van der Waals surface area contributed by atoms with Crippen molar-refractivity contribution in [1.29, 1.82) is 0 Å². The van der Waals surface area contributed by atoms with E-state index in [-0.39, 0.29) is 11.5 Å². The van der Waals surface area contributed by atoms with Crippen LogP contribution in [0.1, 0.15) is 37.6 Å². The monoisotopic (exact) mass is 412 g/mol. The zero-order valence-electron chi connectivity index (χ0n) is 15.1. The van der Waals surface area contributed by atoms with Crippen LogP contribution < -0.4 is 4.90 Å². The van der Waals surface area contributed by atoms with Gasteiger partial charge in [-0.25, -0.2) is 9.59 Å². The van der Waals surface area contributed by atoms with Crippen molar-refractivity contribution in [2.75, 3.05) is 31.6 Å². The van der Waals surface area contributed by atoms with Gasteiger partial charge in [0.25, 0.3) is 0 Å². The van der Waals surface area contributed by atoms with Crippen LogP contribution in [0.4, 0.5) is 10.5 Å². The van der Waals surface area contributed by atoms with Crippen LogP contribution in [0.5, 0.6) is 0 Å². The number of methoxy groups -OCH3 is 1. The quantitative estimate of drug-likeness (QED) is 0.747. The number of halogens is 1.